The number of aromatic amines is 1. The summed E-state index contributed by atoms with van der Waals surface area (Å²) in [6.07, 6.45) is 3.77. The molecule has 0 unspecified atom stereocenters. The molecule has 13 heteroatoms. The second-order valence-corrected chi connectivity index (χ2v) is 9.79. The fraction of sp³-hybridized carbons (Fsp3) is 0.320. The van der Waals surface area contributed by atoms with E-state index in [0.717, 1.165) is 18.2 Å². The fourth-order valence-electron chi connectivity index (χ4n) is 4.16. The Balaban J connectivity index is 1.36. The number of ether oxygens (including phenoxy) is 1. The van der Waals surface area contributed by atoms with Crippen molar-refractivity contribution in [1.29, 1.82) is 0 Å². The smallest absolute Gasteiger partial charge is 0.257 e. The lowest BCUT2D eigenvalue weighted by atomic mass is 9.96. The summed E-state index contributed by atoms with van der Waals surface area (Å²) < 4.78 is 32.1. The molecule has 2 N–H and O–H groups in total. The van der Waals surface area contributed by atoms with Crippen LogP contribution in [0.15, 0.2) is 47.7 Å². The fourth-order valence-corrected chi connectivity index (χ4v) is 4.39. The van der Waals surface area contributed by atoms with Crippen molar-refractivity contribution in [1.82, 2.24) is 24.8 Å². The van der Waals surface area contributed by atoms with Crippen molar-refractivity contribution in [2.24, 2.45) is 0 Å². The number of nitrogens with zero attached hydrogens (tertiary/aromatic N) is 4. The average molecular weight is 547 g/mol. The highest BCUT2D eigenvalue weighted by Crippen LogP contribution is 2.27. The van der Waals surface area contributed by atoms with Gasteiger partial charge in [0.15, 0.2) is 17.4 Å². The summed E-state index contributed by atoms with van der Waals surface area (Å²) in [5, 5.41) is 2.76. The van der Waals surface area contributed by atoms with Gasteiger partial charge in [0, 0.05) is 38.0 Å². The summed E-state index contributed by atoms with van der Waals surface area (Å²) in [7, 11) is 0. The summed E-state index contributed by atoms with van der Waals surface area (Å²) >= 11 is 6.12. The lowest BCUT2D eigenvalue weighted by molar-refractivity contribution is -0.122. The van der Waals surface area contributed by atoms with Crippen molar-refractivity contribution in [3.8, 4) is 11.6 Å². The molecular formula is C25H25ClF2N6O4. The maximum absolute atomic E-state index is 13.8. The molecule has 1 aliphatic heterocycles. The molecule has 3 heterocycles. The Morgan fingerprint density at radius 3 is 2.58 bits per heavy atom. The van der Waals surface area contributed by atoms with E-state index in [1.807, 2.05) is 18.7 Å². The third-order valence-electron chi connectivity index (χ3n) is 6.20. The normalized spacial score (nSPS) is 16.1. The number of nitrogens with one attached hydrogen (secondary N) is 2. The van der Waals surface area contributed by atoms with Crippen LogP contribution in [0.3, 0.4) is 0 Å². The summed E-state index contributed by atoms with van der Waals surface area (Å²) in [6.45, 7) is 6.67. The molecule has 0 radical (unpaired) electrons. The third-order valence-corrected chi connectivity index (χ3v) is 6.51. The van der Waals surface area contributed by atoms with E-state index < -0.39 is 28.8 Å². The molecule has 2 amide bonds. The van der Waals surface area contributed by atoms with Gasteiger partial charge in [0.05, 0.1) is 34.6 Å². The van der Waals surface area contributed by atoms with Gasteiger partial charge in [0.1, 0.15) is 5.82 Å². The topological polar surface area (TPSA) is 121 Å². The number of anilines is 1. The minimum atomic E-state index is -0.885. The number of halogens is 3. The van der Waals surface area contributed by atoms with Gasteiger partial charge < -0.3 is 19.9 Å². The number of hydrogen-bond donors (Lipinski definition) is 2. The van der Waals surface area contributed by atoms with Crippen LogP contribution in [0.25, 0.3) is 0 Å². The first-order chi connectivity index (χ1) is 17.9. The Morgan fingerprint density at radius 1 is 1.18 bits per heavy atom. The zero-order valence-electron chi connectivity index (χ0n) is 20.8. The van der Waals surface area contributed by atoms with Crippen LogP contribution in [0.5, 0.6) is 11.6 Å². The van der Waals surface area contributed by atoms with Crippen molar-refractivity contribution >= 4 is 29.2 Å². The molecule has 0 bridgehead atoms. The predicted molar refractivity (Wildman–Crippen MR) is 135 cm³/mol. The van der Waals surface area contributed by atoms with E-state index >= 15 is 0 Å². The van der Waals surface area contributed by atoms with E-state index in [9.17, 15) is 23.2 Å². The number of rotatable bonds is 6. The van der Waals surface area contributed by atoms with Crippen molar-refractivity contribution in [2.75, 3.05) is 25.0 Å². The molecule has 1 aromatic carbocycles. The van der Waals surface area contributed by atoms with Gasteiger partial charge in [0.2, 0.25) is 17.3 Å². The summed E-state index contributed by atoms with van der Waals surface area (Å²) in [6, 6.07) is 3.47. The highest BCUT2D eigenvalue weighted by molar-refractivity contribution is 6.33. The molecule has 10 nitrogen and oxygen atoms in total. The number of pyridine rings is 1. The van der Waals surface area contributed by atoms with E-state index in [2.05, 4.69) is 20.3 Å². The summed E-state index contributed by atoms with van der Waals surface area (Å²) in [4.78, 5) is 51.7. The van der Waals surface area contributed by atoms with Crippen LogP contribution >= 0.6 is 11.6 Å². The number of carbonyl (C=O) groups is 2. The Hall–Kier alpha value is -3.90. The summed E-state index contributed by atoms with van der Waals surface area (Å²) in [5.41, 5.74) is -0.839. The second kappa shape index (κ2) is 10.8. The number of benzene rings is 1. The second-order valence-electron chi connectivity index (χ2n) is 9.38. The van der Waals surface area contributed by atoms with Crippen LogP contribution in [-0.2, 0) is 4.79 Å². The van der Waals surface area contributed by atoms with Crippen LogP contribution in [0.1, 0.15) is 31.1 Å². The Kier molecular flexibility index (Phi) is 7.74. The van der Waals surface area contributed by atoms with Gasteiger partial charge in [0.25, 0.3) is 5.91 Å². The van der Waals surface area contributed by atoms with Gasteiger partial charge in [-0.3, -0.25) is 19.3 Å². The molecule has 38 heavy (non-hydrogen) atoms. The van der Waals surface area contributed by atoms with Gasteiger partial charge in [-0.15, -0.1) is 0 Å². The van der Waals surface area contributed by atoms with E-state index in [1.54, 1.807) is 11.8 Å². The number of carbonyl (C=O) groups excluding carboxylic acids is 2. The van der Waals surface area contributed by atoms with Crippen molar-refractivity contribution in [2.45, 2.75) is 32.4 Å². The first kappa shape index (κ1) is 27.1. The number of aromatic nitrogens is 3. The molecule has 1 atom stereocenters. The minimum Gasteiger partial charge on any atom is -0.434 e. The van der Waals surface area contributed by atoms with Crippen LogP contribution in [0.2, 0.25) is 5.02 Å². The quantitative estimate of drug-likeness (QED) is 0.486. The molecule has 1 fully saturated rings. The Labute approximate surface area is 221 Å². The summed E-state index contributed by atoms with van der Waals surface area (Å²) in [5.74, 6) is -2.36. The first-order valence-electron chi connectivity index (χ1n) is 11.6. The lowest BCUT2D eigenvalue weighted by Gasteiger charge is -2.48. The molecule has 1 saturated heterocycles. The van der Waals surface area contributed by atoms with Gasteiger partial charge in [-0.1, -0.05) is 11.6 Å². The van der Waals surface area contributed by atoms with Crippen LogP contribution in [0.4, 0.5) is 14.6 Å². The van der Waals surface area contributed by atoms with E-state index in [1.165, 1.54) is 18.6 Å². The standard InChI is InChI=1S/C25H25ClF2N6O4/c1-14(23(36)32-20-11-31-22(12-29-20)38-19-5-4-15(27)8-18(19)28)33-6-7-34(25(2,3)13-33)24(37)16-10-30-21(35)9-17(16)26/h4-5,8-12,14H,6-7,13H2,1-3H3,(H,30,35)(H,29,32,36)/t14-/m0/s1. The molecule has 0 spiro atoms. The zero-order valence-corrected chi connectivity index (χ0v) is 21.6. The van der Waals surface area contributed by atoms with Crippen LogP contribution in [0, 0.1) is 11.6 Å². The Bertz CT molecular complexity index is 1420. The molecule has 4 rings (SSSR count). The monoisotopic (exact) mass is 546 g/mol. The molecular weight excluding hydrogens is 522 g/mol. The largest absolute Gasteiger partial charge is 0.434 e. The maximum Gasteiger partial charge on any atom is 0.257 e. The van der Waals surface area contributed by atoms with Crippen molar-refractivity contribution in [3.63, 3.8) is 0 Å². The molecule has 3 aromatic rings. The van der Waals surface area contributed by atoms with Crippen molar-refractivity contribution in [3.05, 3.63) is 75.4 Å². The number of hydrogen-bond acceptors (Lipinski definition) is 7. The molecule has 2 aromatic heterocycles. The third kappa shape index (κ3) is 5.97. The average Bonchev–Trinajstić information content (AvgIpc) is 2.85. The number of piperazine rings is 1. The number of amides is 2. The zero-order chi connectivity index (χ0) is 27.6. The predicted octanol–water partition coefficient (Wildman–Crippen LogP) is 3.45. The van der Waals surface area contributed by atoms with E-state index in [-0.39, 0.29) is 39.8 Å². The molecule has 200 valence electrons. The molecule has 0 saturated carbocycles. The molecule has 1 aliphatic rings. The first-order valence-corrected chi connectivity index (χ1v) is 12.0. The van der Waals surface area contributed by atoms with Gasteiger partial charge >= 0.3 is 0 Å². The molecule has 0 aliphatic carbocycles. The Morgan fingerprint density at radius 2 is 1.95 bits per heavy atom. The lowest BCUT2D eigenvalue weighted by Crippen LogP contribution is -2.63. The van der Waals surface area contributed by atoms with E-state index in [0.29, 0.717) is 25.7 Å². The highest BCUT2D eigenvalue weighted by Gasteiger charge is 2.40. The minimum absolute atomic E-state index is 0.0355. The van der Waals surface area contributed by atoms with Crippen LogP contribution in [-0.4, -0.2) is 67.8 Å². The van der Waals surface area contributed by atoms with Gasteiger partial charge in [-0.05, 0) is 32.9 Å². The van der Waals surface area contributed by atoms with Gasteiger partial charge in [-0.2, -0.15) is 0 Å². The maximum atomic E-state index is 13.8. The van der Waals surface area contributed by atoms with Gasteiger partial charge in [-0.25, -0.2) is 18.7 Å². The SMILES string of the molecule is C[C@@H](C(=O)Nc1cnc(Oc2ccc(F)cc2F)cn1)N1CCN(C(=O)c2c[nH]c(=O)cc2Cl)C(C)(C)C1. The van der Waals surface area contributed by atoms with Crippen molar-refractivity contribution < 1.29 is 23.1 Å². The highest BCUT2D eigenvalue weighted by atomic mass is 35.5. The van der Waals surface area contributed by atoms with Crippen LogP contribution < -0.4 is 15.6 Å². The number of H-pyrrole nitrogens is 1. The van der Waals surface area contributed by atoms with E-state index in [4.69, 9.17) is 16.3 Å².